The SMILES string of the molecule is O=P(O)(O)C(CC(Cc1ccccc1)OC1CCCCC1)S(=O)(=O)O. The second kappa shape index (κ2) is 8.75. The van der Waals surface area contributed by atoms with Crippen LogP contribution in [-0.4, -0.2) is 40.0 Å². The molecule has 1 saturated carbocycles. The molecule has 1 aliphatic rings. The van der Waals surface area contributed by atoms with Crippen molar-refractivity contribution >= 4 is 17.7 Å². The quantitative estimate of drug-likeness (QED) is 0.459. The molecule has 1 fully saturated rings. The summed E-state index contributed by atoms with van der Waals surface area (Å²) >= 11 is 0. The van der Waals surface area contributed by atoms with Crippen LogP contribution in [0.3, 0.4) is 0 Å². The van der Waals surface area contributed by atoms with E-state index in [1.165, 1.54) is 0 Å². The summed E-state index contributed by atoms with van der Waals surface area (Å²) in [5.74, 6) is 0. The van der Waals surface area contributed by atoms with Gasteiger partial charge in [0.05, 0.1) is 12.2 Å². The Kier molecular flexibility index (Phi) is 7.19. The van der Waals surface area contributed by atoms with Gasteiger partial charge in [-0.25, -0.2) is 0 Å². The van der Waals surface area contributed by atoms with E-state index in [0.717, 1.165) is 37.7 Å². The highest BCUT2D eigenvalue weighted by Gasteiger charge is 2.42. The van der Waals surface area contributed by atoms with Crippen LogP contribution < -0.4 is 0 Å². The first kappa shape index (κ1) is 20.6. The van der Waals surface area contributed by atoms with Crippen LogP contribution in [0.15, 0.2) is 30.3 Å². The van der Waals surface area contributed by atoms with Gasteiger partial charge < -0.3 is 14.5 Å². The largest absolute Gasteiger partial charge is 0.375 e. The van der Waals surface area contributed by atoms with Crippen LogP contribution in [-0.2, 0) is 25.8 Å². The monoisotopic (exact) mass is 392 g/mol. The Morgan fingerprint density at radius 2 is 1.72 bits per heavy atom. The van der Waals surface area contributed by atoms with Crippen LogP contribution in [0.5, 0.6) is 0 Å². The number of rotatable bonds is 8. The van der Waals surface area contributed by atoms with Crippen molar-refractivity contribution in [2.24, 2.45) is 0 Å². The van der Waals surface area contributed by atoms with Crippen LogP contribution in [0.25, 0.3) is 0 Å². The van der Waals surface area contributed by atoms with Crippen molar-refractivity contribution in [1.82, 2.24) is 0 Å². The van der Waals surface area contributed by atoms with Gasteiger partial charge in [0, 0.05) is 6.42 Å². The van der Waals surface area contributed by atoms with Crippen molar-refractivity contribution in [2.75, 3.05) is 0 Å². The summed E-state index contributed by atoms with van der Waals surface area (Å²) in [7, 11) is -9.92. The van der Waals surface area contributed by atoms with Crippen molar-refractivity contribution < 1.29 is 32.1 Å². The minimum Gasteiger partial charge on any atom is -0.375 e. The van der Waals surface area contributed by atoms with E-state index in [-0.39, 0.29) is 6.10 Å². The highest BCUT2D eigenvalue weighted by molar-refractivity contribution is 7.93. The molecule has 0 aliphatic heterocycles. The lowest BCUT2D eigenvalue weighted by molar-refractivity contribution is -0.0320. The van der Waals surface area contributed by atoms with Crippen LogP contribution >= 0.6 is 7.60 Å². The fraction of sp³-hybridized carbons (Fsp3) is 0.625. The van der Waals surface area contributed by atoms with Crippen LogP contribution in [0, 0.1) is 0 Å². The minimum absolute atomic E-state index is 0.0544. The molecule has 0 amide bonds. The molecule has 142 valence electrons. The fourth-order valence-corrected chi connectivity index (χ4v) is 5.55. The van der Waals surface area contributed by atoms with Crippen molar-refractivity contribution in [3.63, 3.8) is 0 Å². The first-order valence-corrected chi connectivity index (χ1v) is 11.6. The molecule has 0 bridgehead atoms. The Balaban J connectivity index is 2.18. The minimum atomic E-state index is -5.03. The average Bonchev–Trinajstić information content (AvgIpc) is 2.52. The number of benzene rings is 1. The molecule has 0 radical (unpaired) electrons. The summed E-state index contributed by atoms with van der Waals surface area (Å²) < 4.78 is 49.7. The highest BCUT2D eigenvalue weighted by atomic mass is 32.2. The molecule has 3 N–H and O–H groups in total. The maximum absolute atomic E-state index is 11.6. The van der Waals surface area contributed by atoms with E-state index in [2.05, 4.69) is 0 Å². The summed E-state index contributed by atoms with van der Waals surface area (Å²) in [6.45, 7) is 0. The zero-order valence-corrected chi connectivity index (χ0v) is 15.6. The van der Waals surface area contributed by atoms with E-state index in [4.69, 9.17) is 4.74 Å². The van der Waals surface area contributed by atoms with Crippen LogP contribution in [0.1, 0.15) is 44.1 Å². The van der Waals surface area contributed by atoms with E-state index >= 15 is 0 Å². The van der Waals surface area contributed by atoms with Gasteiger partial charge >= 0.3 is 7.60 Å². The van der Waals surface area contributed by atoms with Gasteiger partial charge in [0.1, 0.15) is 0 Å². The lowest BCUT2D eigenvalue weighted by atomic mass is 9.97. The van der Waals surface area contributed by atoms with E-state index in [9.17, 15) is 27.3 Å². The first-order chi connectivity index (χ1) is 11.7. The zero-order valence-electron chi connectivity index (χ0n) is 13.9. The second-order valence-corrected chi connectivity index (χ2v) is 10.3. The summed E-state index contributed by atoms with van der Waals surface area (Å²) in [5, 5.41) is 0. The lowest BCUT2D eigenvalue weighted by Crippen LogP contribution is -2.32. The van der Waals surface area contributed by atoms with Gasteiger partial charge in [0.15, 0.2) is 4.99 Å². The van der Waals surface area contributed by atoms with Crippen molar-refractivity contribution in [3.8, 4) is 0 Å². The normalized spacial score (nSPS) is 19.5. The topological polar surface area (TPSA) is 121 Å². The molecule has 2 rings (SSSR count). The summed E-state index contributed by atoms with van der Waals surface area (Å²) in [6, 6.07) is 9.19. The van der Waals surface area contributed by atoms with Gasteiger partial charge in [-0.3, -0.25) is 9.12 Å². The molecule has 25 heavy (non-hydrogen) atoms. The van der Waals surface area contributed by atoms with Crippen LogP contribution in [0.4, 0.5) is 0 Å². The van der Waals surface area contributed by atoms with E-state index in [1.807, 2.05) is 30.3 Å². The predicted molar refractivity (Wildman–Crippen MR) is 93.9 cm³/mol. The maximum Gasteiger partial charge on any atom is 0.346 e. The molecule has 2 unspecified atom stereocenters. The third-order valence-electron chi connectivity index (χ3n) is 4.43. The van der Waals surface area contributed by atoms with E-state index in [1.54, 1.807) is 0 Å². The number of hydrogen-bond acceptors (Lipinski definition) is 4. The summed E-state index contributed by atoms with van der Waals surface area (Å²) in [4.78, 5) is 16.5. The Hall–Kier alpha value is -0.760. The lowest BCUT2D eigenvalue weighted by Gasteiger charge is -2.29. The molecule has 1 aliphatic carbocycles. The Morgan fingerprint density at radius 3 is 2.24 bits per heavy atom. The molecule has 0 saturated heterocycles. The number of ether oxygens (including phenoxy) is 1. The van der Waals surface area contributed by atoms with Gasteiger partial charge in [-0.1, -0.05) is 49.6 Å². The van der Waals surface area contributed by atoms with Gasteiger partial charge in [-0.15, -0.1) is 0 Å². The van der Waals surface area contributed by atoms with Crippen LogP contribution in [0.2, 0.25) is 0 Å². The molecule has 0 heterocycles. The zero-order chi connectivity index (χ0) is 18.5. The van der Waals surface area contributed by atoms with Crippen molar-refractivity contribution in [2.45, 2.75) is 62.1 Å². The maximum atomic E-state index is 11.6. The molecule has 9 heteroatoms. The molecule has 2 atom stereocenters. The van der Waals surface area contributed by atoms with Gasteiger partial charge in [0.2, 0.25) is 0 Å². The second-order valence-electron chi connectivity index (χ2n) is 6.50. The third kappa shape index (κ3) is 6.81. The van der Waals surface area contributed by atoms with E-state index in [0.29, 0.717) is 6.42 Å². The number of hydrogen-bond donors (Lipinski definition) is 3. The molecule has 1 aromatic rings. The Morgan fingerprint density at radius 1 is 1.12 bits per heavy atom. The summed E-state index contributed by atoms with van der Waals surface area (Å²) in [5.41, 5.74) is 0.878. The molecular weight excluding hydrogens is 367 g/mol. The Labute approximate surface area is 148 Å². The van der Waals surface area contributed by atoms with Gasteiger partial charge in [-0.05, 0) is 24.8 Å². The fourth-order valence-electron chi connectivity index (χ4n) is 3.19. The Bertz CT molecular complexity index is 680. The molecular formula is C16H25O7PS. The van der Waals surface area contributed by atoms with Crippen molar-refractivity contribution in [1.29, 1.82) is 0 Å². The predicted octanol–water partition coefficient (Wildman–Crippen LogP) is 2.73. The third-order valence-corrected chi connectivity index (χ3v) is 7.89. The summed E-state index contributed by atoms with van der Waals surface area (Å²) in [6.07, 6.45) is 3.96. The van der Waals surface area contributed by atoms with E-state index < -0.39 is 35.2 Å². The molecule has 0 spiro atoms. The average molecular weight is 392 g/mol. The molecule has 1 aromatic carbocycles. The van der Waals surface area contributed by atoms with Gasteiger partial charge in [-0.2, -0.15) is 8.42 Å². The molecule has 0 aromatic heterocycles. The van der Waals surface area contributed by atoms with Gasteiger partial charge in [0.25, 0.3) is 10.1 Å². The molecule has 7 nitrogen and oxygen atoms in total. The first-order valence-electron chi connectivity index (χ1n) is 8.37. The highest BCUT2D eigenvalue weighted by Crippen LogP contribution is 2.46. The standard InChI is InChI=1S/C16H25O7PS/c17-24(18,19)16(25(20,21)22)12-15(11-13-7-3-1-4-8-13)23-14-9-5-2-6-10-14/h1,3-4,7-8,14-16H,2,5-6,9-12H2,(H2,17,18,19)(H,20,21,22). The smallest absolute Gasteiger partial charge is 0.346 e. The van der Waals surface area contributed by atoms with Crippen molar-refractivity contribution in [3.05, 3.63) is 35.9 Å².